The molecule has 0 spiro atoms. The van der Waals surface area contributed by atoms with E-state index in [2.05, 4.69) is 13.0 Å². The molecule has 1 atom stereocenters. The maximum absolute atomic E-state index is 10.8. The first-order valence-electron chi connectivity index (χ1n) is 5.09. The summed E-state index contributed by atoms with van der Waals surface area (Å²) in [5, 5.41) is 0. The molecule has 1 aliphatic rings. The minimum Gasteiger partial charge on any atom is -0.295 e. The monoisotopic (exact) mass is 178 g/mol. The smallest absolute Gasteiger partial charge is 0.152 e. The Morgan fingerprint density at radius 2 is 2.31 bits per heavy atom. The fraction of sp³-hybridized carbons (Fsp3) is 0.583. The molecule has 0 radical (unpaired) electrons. The Balaban J connectivity index is 2.64. The fourth-order valence-electron chi connectivity index (χ4n) is 1.68. The zero-order chi connectivity index (χ0) is 9.68. The van der Waals surface area contributed by atoms with Gasteiger partial charge in [-0.25, -0.2) is 0 Å². The van der Waals surface area contributed by atoms with Crippen LogP contribution in [-0.2, 0) is 4.79 Å². The van der Waals surface area contributed by atoms with E-state index in [1.165, 1.54) is 31.3 Å². The molecule has 0 heterocycles. The molecular formula is C12H18O. The largest absolute Gasteiger partial charge is 0.295 e. The lowest BCUT2D eigenvalue weighted by molar-refractivity contribution is -0.112. The summed E-state index contributed by atoms with van der Waals surface area (Å²) < 4.78 is 0. The Hall–Kier alpha value is -0.850. The molecule has 0 aromatic rings. The van der Waals surface area contributed by atoms with E-state index in [-0.39, 0.29) is 5.78 Å². The van der Waals surface area contributed by atoms with Crippen LogP contribution in [0, 0.1) is 5.92 Å². The van der Waals surface area contributed by atoms with Crippen LogP contribution in [0.4, 0.5) is 0 Å². The molecule has 0 amide bonds. The van der Waals surface area contributed by atoms with Gasteiger partial charge in [0.1, 0.15) is 0 Å². The number of carbonyl (C=O) groups is 1. The van der Waals surface area contributed by atoms with Crippen LogP contribution < -0.4 is 0 Å². The molecule has 0 aromatic carbocycles. The maximum Gasteiger partial charge on any atom is 0.152 e. The van der Waals surface area contributed by atoms with Crippen molar-refractivity contribution >= 4 is 5.78 Å². The van der Waals surface area contributed by atoms with Crippen LogP contribution in [0.15, 0.2) is 23.8 Å². The van der Waals surface area contributed by atoms with Crippen LogP contribution in [0.1, 0.15) is 39.5 Å². The molecule has 0 bridgehead atoms. The molecule has 0 saturated carbocycles. The molecule has 13 heavy (non-hydrogen) atoms. The number of carbonyl (C=O) groups excluding carboxylic acids is 1. The van der Waals surface area contributed by atoms with Gasteiger partial charge in [-0.1, -0.05) is 25.5 Å². The minimum atomic E-state index is 0.136. The van der Waals surface area contributed by atoms with Crippen molar-refractivity contribution in [2.45, 2.75) is 39.5 Å². The predicted octanol–water partition coefficient (Wildman–Crippen LogP) is 3.27. The SMILES string of the molecule is CC(=O)/C=C/C1=CCCCCC1C. The zero-order valence-corrected chi connectivity index (χ0v) is 8.55. The van der Waals surface area contributed by atoms with Crippen molar-refractivity contribution in [2.24, 2.45) is 5.92 Å². The minimum absolute atomic E-state index is 0.136. The molecule has 0 N–H and O–H groups in total. The number of ketones is 1. The second kappa shape index (κ2) is 5.00. The molecule has 1 nitrogen and oxygen atoms in total. The van der Waals surface area contributed by atoms with Crippen molar-refractivity contribution in [3.05, 3.63) is 23.8 Å². The Kier molecular flexibility index (Phi) is 3.94. The van der Waals surface area contributed by atoms with Gasteiger partial charge < -0.3 is 0 Å². The molecule has 72 valence electrons. The van der Waals surface area contributed by atoms with Crippen LogP contribution in [-0.4, -0.2) is 5.78 Å². The Morgan fingerprint density at radius 3 is 3.00 bits per heavy atom. The van der Waals surface area contributed by atoms with Gasteiger partial charge >= 0.3 is 0 Å². The van der Waals surface area contributed by atoms with Crippen LogP contribution >= 0.6 is 0 Å². The molecule has 0 aliphatic heterocycles. The van der Waals surface area contributed by atoms with Crippen LogP contribution in [0.5, 0.6) is 0 Å². The van der Waals surface area contributed by atoms with Crippen molar-refractivity contribution < 1.29 is 4.79 Å². The van der Waals surface area contributed by atoms with E-state index in [1.807, 2.05) is 6.08 Å². The van der Waals surface area contributed by atoms with Gasteiger partial charge in [-0.2, -0.15) is 0 Å². The maximum atomic E-state index is 10.8. The lowest BCUT2D eigenvalue weighted by Crippen LogP contribution is -1.95. The second-order valence-corrected chi connectivity index (χ2v) is 3.83. The molecule has 1 rings (SSSR count). The van der Waals surface area contributed by atoms with Gasteiger partial charge in [0, 0.05) is 0 Å². The third-order valence-electron chi connectivity index (χ3n) is 2.55. The topological polar surface area (TPSA) is 17.1 Å². The van der Waals surface area contributed by atoms with Gasteiger partial charge in [-0.3, -0.25) is 4.79 Å². The summed E-state index contributed by atoms with van der Waals surface area (Å²) >= 11 is 0. The fourth-order valence-corrected chi connectivity index (χ4v) is 1.68. The van der Waals surface area contributed by atoms with E-state index >= 15 is 0 Å². The van der Waals surface area contributed by atoms with Crippen molar-refractivity contribution in [2.75, 3.05) is 0 Å². The highest BCUT2D eigenvalue weighted by Crippen LogP contribution is 2.24. The van der Waals surface area contributed by atoms with Gasteiger partial charge in [-0.15, -0.1) is 0 Å². The molecule has 0 aromatic heterocycles. The average molecular weight is 178 g/mol. The van der Waals surface area contributed by atoms with Crippen molar-refractivity contribution in [1.29, 1.82) is 0 Å². The second-order valence-electron chi connectivity index (χ2n) is 3.83. The first kappa shape index (κ1) is 10.2. The van der Waals surface area contributed by atoms with Gasteiger partial charge in [0.2, 0.25) is 0 Å². The van der Waals surface area contributed by atoms with E-state index in [0.717, 1.165) is 0 Å². The first-order valence-corrected chi connectivity index (χ1v) is 5.09. The summed E-state index contributed by atoms with van der Waals surface area (Å²) in [6.45, 7) is 3.83. The summed E-state index contributed by atoms with van der Waals surface area (Å²) in [6.07, 6.45) is 11.0. The van der Waals surface area contributed by atoms with Crippen molar-refractivity contribution in [3.63, 3.8) is 0 Å². The van der Waals surface area contributed by atoms with E-state index in [9.17, 15) is 4.79 Å². The number of hydrogen-bond acceptors (Lipinski definition) is 1. The van der Waals surface area contributed by atoms with Crippen molar-refractivity contribution in [1.82, 2.24) is 0 Å². The standard InChI is InChI=1S/C12H18O/c1-10-6-4-3-5-7-12(10)9-8-11(2)13/h7-10H,3-6H2,1-2H3/b9-8+. The predicted molar refractivity (Wildman–Crippen MR) is 55.5 cm³/mol. The van der Waals surface area contributed by atoms with Crippen molar-refractivity contribution in [3.8, 4) is 0 Å². The van der Waals surface area contributed by atoms with Crippen LogP contribution in [0.2, 0.25) is 0 Å². The summed E-state index contributed by atoms with van der Waals surface area (Å²) in [4.78, 5) is 10.8. The quantitative estimate of drug-likeness (QED) is 0.593. The normalized spacial score (nSPS) is 24.2. The third kappa shape index (κ3) is 3.58. The summed E-state index contributed by atoms with van der Waals surface area (Å²) in [6, 6.07) is 0. The van der Waals surface area contributed by atoms with Crippen LogP contribution in [0.25, 0.3) is 0 Å². The highest BCUT2D eigenvalue weighted by molar-refractivity contribution is 5.87. The Morgan fingerprint density at radius 1 is 1.54 bits per heavy atom. The molecular weight excluding hydrogens is 160 g/mol. The van der Waals surface area contributed by atoms with Gasteiger partial charge in [0.15, 0.2) is 5.78 Å². The highest BCUT2D eigenvalue weighted by Gasteiger charge is 2.08. The van der Waals surface area contributed by atoms with Gasteiger partial charge in [0.25, 0.3) is 0 Å². The number of allylic oxidation sites excluding steroid dienone is 4. The van der Waals surface area contributed by atoms with Gasteiger partial charge in [-0.05, 0) is 43.8 Å². The number of hydrogen-bond donors (Lipinski definition) is 0. The lowest BCUT2D eigenvalue weighted by Gasteiger charge is -2.08. The Bertz CT molecular complexity index is 233. The summed E-state index contributed by atoms with van der Waals surface area (Å²) in [7, 11) is 0. The average Bonchev–Trinajstić information content (AvgIpc) is 2.27. The molecule has 1 unspecified atom stereocenters. The van der Waals surface area contributed by atoms with E-state index in [0.29, 0.717) is 5.92 Å². The van der Waals surface area contributed by atoms with E-state index in [4.69, 9.17) is 0 Å². The first-order chi connectivity index (χ1) is 6.20. The zero-order valence-electron chi connectivity index (χ0n) is 8.55. The molecule has 1 heteroatoms. The van der Waals surface area contributed by atoms with E-state index in [1.54, 1.807) is 13.0 Å². The lowest BCUT2D eigenvalue weighted by atomic mass is 9.97. The summed E-state index contributed by atoms with van der Waals surface area (Å²) in [5.74, 6) is 0.760. The molecule has 0 fully saturated rings. The third-order valence-corrected chi connectivity index (χ3v) is 2.55. The molecule has 0 saturated heterocycles. The Labute approximate surface area is 80.5 Å². The van der Waals surface area contributed by atoms with Gasteiger partial charge in [0.05, 0.1) is 0 Å². The van der Waals surface area contributed by atoms with E-state index < -0.39 is 0 Å². The summed E-state index contributed by atoms with van der Waals surface area (Å²) in [5.41, 5.74) is 1.34. The number of rotatable bonds is 2. The van der Waals surface area contributed by atoms with Crippen LogP contribution in [0.3, 0.4) is 0 Å². The highest BCUT2D eigenvalue weighted by atomic mass is 16.1. The molecule has 1 aliphatic carbocycles.